The molecule has 0 aliphatic rings. The Bertz CT molecular complexity index is 382. The summed E-state index contributed by atoms with van der Waals surface area (Å²) in [5, 5.41) is 0. The van der Waals surface area contributed by atoms with E-state index in [2.05, 4.69) is 18.7 Å². The minimum Gasteiger partial charge on any atom is -0.383 e. The first-order valence-electron chi connectivity index (χ1n) is 7.00. The lowest BCUT2D eigenvalue weighted by Crippen LogP contribution is -2.37. The molecule has 0 fully saturated rings. The Hall–Kier alpha value is -1.35. The second kappa shape index (κ2) is 7.95. The van der Waals surface area contributed by atoms with Gasteiger partial charge in [0.2, 0.25) is 0 Å². The Morgan fingerprint density at radius 1 is 1.21 bits per heavy atom. The van der Waals surface area contributed by atoms with E-state index in [4.69, 9.17) is 4.74 Å². The maximum atomic E-state index is 11.3. The molecule has 106 valence electrons. The van der Waals surface area contributed by atoms with Gasteiger partial charge in [0.1, 0.15) is 0 Å². The number of nitrogens with zero attached hydrogens (tertiary/aromatic N) is 1. The van der Waals surface area contributed by atoms with Crippen LogP contribution in [0.2, 0.25) is 0 Å². The second-order valence-electron chi connectivity index (χ2n) is 4.76. The molecule has 0 atom stereocenters. The summed E-state index contributed by atoms with van der Waals surface area (Å²) in [5.74, 6) is 0.109. The van der Waals surface area contributed by atoms with Crippen molar-refractivity contribution in [2.24, 2.45) is 0 Å². The van der Waals surface area contributed by atoms with Crippen molar-refractivity contribution in [3.8, 4) is 0 Å². The second-order valence-corrected chi connectivity index (χ2v) is 4.76. The van der Waals surface area contributed by atoms with Gasteiger partial charge in [-0.05, 0) is 44.0 Å². The van der Waals surface area contributed by atoms with Crippen LogP contribution in [-0.4, -0.2) is 32.1 Å². The predicted molar refractivity (Wildman–Crippen MR) is 80.0 cm³/mol. The highest BCUT2D eigenvalue weighted by molar-refractivity contribution is 5.94. The Morgan fingerprint density at radius 3 is 2.21 bits per heavy atom. The largest absolute Gasteiger partial charge is 0.383 e. The van der Waals surface area contributed by atoms with Crippen LogP contribution in [0.5, 0.6) is 0 Å². The summed E-state index contributed by atoms with van der Waals surface area (Å²) in [6.07, 6.45) is 2.21. The first-order valence-corrected chi connectivity index (χ1v) is 7.00. The highest BCUT2D eigenvalue weighted by Crippen LogP contribution is 2.21. The molecule has 19 heavy (non-hydrogen) atoms. The number of methoxy groups -OCH3 is 1. The van der Waals surface area contributed by atoms with E-state index in [9.17, 15) is 4.79 Å². The van der Waals surface area contributed by atoms with Gasteiger partial charge in [-0.25, -0.2) is 0 Å². The van der Waals surface area contributed by atoms with Gasteiger partial charge >= 0.3 is 0 Å². The third-order valence-electron chi connectivity index (χ3n) is 3.53. The molecule has 0 amide bonds. The van der Waals surface area contributed by atoms with Gasteiger partial charge in [0.15, 0.2) is 5.78 Å². The molecular formula is C16H25NO2. The first kappa shape index (κ1) is 15.7. The number of carbonyl (C=O) groups excluding carboxylic acids is 1. The van der Waals surface area contributed by atoms with E-state index in [1.807, 2.05) is 24.3 Å². The third-order valence-corrected chi connectivity index (χ3v) is 3.53. The van der Waals surface area contributed by atoms with Gasteiger partial charge in [0.25, 0.3) is 0 Å². The van der Waals surface area contributed by atoms with Crippen LogP contribution in [0.1, 0.15) is 44.0 Å². The Balaban J connectivity index is 2.92. The molecule has 0 aromatic heterocycles. The predicted octanol–water partition coefficient (Wildman–Crippen LogP) is 3.53. The zero-order valence-corrected chi connectivity index (χ0v) is 12.5. The Labute approximate surface area is 116 Å². The molecule has 0 spiro atoms. The lowest BCUT2D eigenvalue weighted by molar-refractivity contribution is 0.101. The summed E-state index contributed by atoms with van der Waals surface area (Å²) in [6, 6.07) is 8.38. The molecule has 0 aliphatic carbocycles. The highest BCUT2D eigenvalue weighted by Gasteiger charge is 2.15. The van der Waals surface area contributed by atoms with Gasteiger partial charge in [0.05, 0.1) is 6.61 Å². The van der Waals surface area contributed by atoms with E-state index >= 15 is 0 Å². The number of benzene rings is 1. The third kappa shape index (κ3) is 4.35. The van der Waals surface area contributed by atoms with Crippen molar-refractivity contribution in [2.45, 2.75) is 39.7 Å². The monoisotopic (exact) mass is 263 g/mol. The zero-order chi connectivity index (χ0) is 14.3. The number of hydrogen-bond acceptors (Lipinski definition) is 3. The number of rotatable bonds is 8. The van der Waals surface area contributed by atoms with Crippen molar-refractivity contribution in [3.05, 3.63) is 29.8 Å². The molecule has 1 aromatic rings. The highest BCUT2D eigenvalue weighted by atomic mass is 16.5. The molecule has 0 radical (unpaired) electrons. The lowest BCUT2D eigenvalue weighted by atomic mass is 10.1. The van der Waals surface area contributed by atoms with Crippen molar-refractivity contribution in [3.63, 3.8) is 0 Å². The molecule has 0 unspecified atom stereocenters. The minimum absolute atomic E-state index is 0.109. The van der Waals surface area contributed by atoms with Crippen LogP contribution in [0.4, 0.5) is 5.69 Å². The number of hydrogen-bond donors (Lipinski definition) is 0. The van der Waals surface area contributed by atoms with Crippen LogP contribution in [0.15, 0.2) is 24.3 Å². The number of anilines is 1. The van der Waals surface area contributed by atoms with Crippen molar-refractivity contribution < 1.29 is 9.53 Å². The summed E-state index contributed by atoms with van der Waals surface area (Å²) >= 11 is 0. The van der Waals surface area contributed by atoms with Crippen LogP contribution in [0.3, 0.4) is 0 Å². The van der Waals surface area contributed by atoms with Gasteiger partial charge in [-0.3, -0.25) is 4.79 Å². The van der Waals surface area contributed by atoms with E-state index in [-0.39, 0.29) is 5.78 Å². The van der Waals surface area contributed by atoms with Gasteiger partial charge in [-0.1, -0.05) is 13.8 Å². The normalized spacial score (nSPS) is 10.8. The van der Waals surface area contributed by atoms with E-state index in [0.29, 0.717) is 12.6 Å². The number of ketones is 1. The van der Waals surface area contributed by atoms with Crippen LogP contribution in [0, 0.1) is 0 Å². The average Bonchev–Trinajstić information content (AvgIpc) is 2.43. The maximum absolute atomic E-state index is 11.3. The van der Waals surface area contributed by atoms with Crippen molar-refractivity contribution in [1.29, 1.82) is 0 Å². The number of carbonyl (C=O) groups is 1. The molecule has 0 saturated heterocycles. The Kier molecular flexibility index (Phi) is 6.57. The van der Waals surface area contributed by atoms with Gasteiger partial charge in [-0.15, -0.1) is 0 Å². The molecule has 1 rings (SSSR count). The van der Waals surface area contributed by atoms with Crippen LogP contribution < -0.4 is 4.90 Å². The van der Waals surface area contributed by atoms with E-state index in [1.54, 1.807) is 14.0 Å². The van der Waals surface area contributed by atoms with Crippen LogP contribution in [-0.2, 0) is 4.74 Å². The lowest BCUT2D eigenvalue weighted by Gasteiger charge is -2.32. The van der Waals surface area contributed by atoms with Crippen LogP contribution >= 0.6 is 0 Å². The standard InChI is InChI=1S/C16H25NO2/c1-5-15(6-2)17(11-12-19-4)16-9-7-14(8-10-16)13(3)18/h7-10,15H,5-6,11-12H2,1-4H3. The van der Waals surface area contributed by atoms with Gasteiger partial charge in [-0.2, -0.15) is 0 Å². The topological polar surface area (TPSA) is 29.5 Å². The van der Waals surface area contributed by atoms with Crippen molar-refractivity contribution in [2.75, 3.05) is 25.2 Å². The molecule has 0 bridgehead atoms. The van der Waals surface area contributed by atoms with E-state index in [1.165, 1.54) is 0 Å². The Morgan fingerprint density at radius 2 is 1.79 bits per heavy atom. The van der Waals surface area contributed by atoms with E-state index < -0.39 is 0 Å². The minimum atomic E-state index is 0.109. The zero-order valence-electron chi connectivity index (χ0n) is 12.5. The summed E-state index contributed by atoms with van der Waals surface area (Å²) < 4.78 is 5.20. The molecule has 0 heterocycles. The molecule has 0 saturated carbocycles. The summed E-state index contributed by atoms with van der Waals surface area (Å²) in [5.41, 5.74) is 1.93. The smallest absolute Gasteiger partial charge is 0.159 e. The molecular weight excluding hydrogens is 238 g/mol. The van der Waals surface area contributed by atoms with Crippen LogP contribution in [0.25, 0.3) is 0 Å². The fraction of sp³-hybridized carbons (Fsp3) is 0.562. The molecule has 1 aromatic carbocycles. The summed E-state index contributed by atoms with van der Waals surface area (Å²) in [4.78, 5) is 13.7. The molecule has 3 nitrogen and oxygen atoms in total. The average molecular weight is 263 g/mol. The summed E-state index contributed by atoms with van der Waals surface area (Å²) in [6.45, 7) is 7.60. The fourth-order valence-corrected chi connectivity index (χ4v) is 2.33. The first-order chi connectivity index (χ1) is 9.13. The van der Waals surface area contributed by atoms with Gasteiger partial charge < -0.3 is 9.64 Å². The fourth-order valence-electron chi connectivity index (χ4n) is 2.33. The van der Waals surface area contributed by atoms with E-state index in [0.717, 1.165) is 30.6 Å². The molecule has 0 N–H and O–H groups in total. The number of Topliss-reactive ketones (excluding diaryl/α,β-unsaturated/α-hetero) is 1. The maximum Gasteiger partial charge on any atom is 0.159 e. The SMILES string of the molecule is CCC(CC)N(CCOC)c1ccc(C(C)=O)cc1. The quantitative estimate of drug-likeness (QED) is 0.672. The van der Waals surface area contributed by atoms with Crippen molar-refractivity contribution >= 4 is 11.5 Å². The van der Waals surface area contributed by atoms with Crippen molar-refractivity contribution in [1.82, 2.24) is 0 Å². The number of ether oxygens (including phenoxy) is 1. The summed E-state index contributed by atoms with van der Waals surface area (Å²) in [7, 11) is 1.73. The molecule has 0 aliphatic heterocycles. The molecule has 3 heteroatoms. The van der Waals surface area contributed by atoms with Gasteiger partial charge in [0, 0.05) is 30.9 Å².